The van der Waals surface area contributed by atoms with Gasteiger partial charge in [-0.15, -0.1) is 0 Å². The Hall–Kier alpha value is -2.39. The number of halogens is 1. The van der Waals surface area contributed by atoms with Gasteiger partial charge >= 0.3 is 0 Å². The molecule has 0 aromatic heterocycles. The van der Waals surface area contributed by atoms with E-state index in [2.05, 4.69) is 21.2 Å². The van der Waals surface area contributed by atoms with Gasteiger partial charge in [-0.05, 0) is 52.9 Å². The second-order valence-corrected chi connectivity index (χ2v) is 10.9. The number of carbonyl (C=O) groups is 2. The topological polar surface area (TPSA) is 86.8 Å². The zero-order valence-electron chi connectivity index (χ0n) is 20.0. The Balaban J connectivity index is 2.33. The number of nitrogens with zero attached hydrogens (tertiary/aromatic N) is 2. The monoisotopic (exact) mass is 551 g/mol. The minimum atomic E-state index is -3.75. The fraction of sp³-hybridized carbons (Fsp3) is 0.440. The van der Waals surface area contributed by atoms with Crippen molar-refractivity contribution in [1.82, 2.24) is 10.2 Å². The van der Waals surface area contributed by atoms with Crippen LogP contribution in [0.25, 0.3) is 0 Å². The molecule has 186 valence electrons. The van der Waals surface area contributed by atoms with Crippen molar-refractivity contribution in [2.75, 3.05) is 30.2 Å². The summed E-state index contributed by atoms with van der Waals surface area (Å²) in [4.78, 5) is 28.1. The molecule has 0 radical (unpaired) electrons. The molecule has 2 aromatic rings. The molecule has 9 heteroatoms. The highest BCUT2D eigenvalue weighted by molar-refractivity contribution is 9.10. The first-order valence-corrected chi connectivity index (χ1v) is 14.2. The van der Waals surface area contributed by atoms with Gasteiger partial charge in [-0.25, -0.2) is 8.42 Å². The van der Waals surface area contributed by atoms with Gasteiger partial charge in [-0.1, -0.05) is 62.7 Å². The molecular formula is C25H34BrN3O4S. The first-order chi connectivity index (χ1) is 16.2. The smallest absolute Gasteiger partial charge is 0.244 e. The van der Waals surface area contributed by atoms with Crippen molar-refractivity contribution in [3.05, 3.63) is 64.6 Å². The molecule has 0 heterocycles. The summed E-state index contributed by atoms with van der Waals surface area (Å²) in [6, 6.07) is 15.9. The first kappa shape index (κ1) is 27.9. The normalized spacial score (nSPS) is 12.1. The molecule has 1 atom stereocenters. The van der Waals surface area contributed by atoms with Gasteiger partial charge in [0.1, 0.15) is 12.6 Å². The molecule has 7 nitrogen and oxygen atoms in total. The maximum atomic E-state index is 13.6. The maximum Gasteiger partial charge on any atom is 0.244 e. The van der Waals surface area contributed by atoms with Gasteiger partial charge in [0.25, 0.3) is 0 Å². The van der Waals surface area contributed by atoms with E-state index in [0.29, 0.717) is 36.1 Å². The lowest BCUT2D eigenvalue weighted by atomic mass is 10.1. The highest BCUT2D eigenvalue weighted by Gasteiger charge is 2.31. The van der Waals surface area contributed by atoms with Gasteiger partial charge < -0.3 is 10.2 Å². The molecule has 0 unspecified atom stereocenters. The van der Waals surface area contributed by atoms with E-state index in [0.717, 1.165) is 29.0 Å². The zero-order valence-corrected chi connectivity index (χ0v) is 22.4. The number of anilines is 1. The molecule has 0 aliphatic carbocycles. The molecule has 0 saturated carbocycles. The van der Waals surface area contributed by atoms with Crippen LogP contribution < -0.4 is 9.62 Å². The molecule has 0 aliphatic heterocycles. The third-order valence-corrected chi connectivity index (χ3v) is 7.30. The lowest BCUT2D eigenvalue weighted by Crippen LogP contribution is -2.53. The lowest BCUT2D eigenvalue weighted by molar-refractivity contribution is -0.139. The number of unbranched alkanes of at least 4 members (excludes halogenated alkanes) is 1. The SMILES string of the molecule is CCCCNC(=O)[C@@H](CC)N(CCc1ccccc1)C(=O)CN(c1ccccc1Br)S(C)(=O)=O. The Morgan fingerprint density at radius 1 is 1.03 bits per heavy atom. The Labute approximate surface area is 211 Å². The summed E-state index contributed by atoms with van der Waals surface area (Å²) in [5.41, 5.74) is 1.41. The molecule has 0 spiro atoms. The van der Waals surface area contributed by atoms with Crippen LogP contribution in [-0.4, -0.2) is 57.1 Å². The number of carbonyl (C=O) groups excluding carboxylic acids is 2. The number of sulfonamides is 1. The standard InChI is InChI=1S/C25H34BrN3O4S/c1-4-6-17-27-25(31)22(5-2)28(18-16-20-12-8-7-9-13-20)24(30)19-29(34(3,32)33)23-15-11-10-14-21(23)26/h7-15,22H,4-6,16-19H2,1-3H3,(H,27,31)/t22-/m1/s1. The number of para-hydroxylation sites is 1. The molecule has 34 heavy (non-hydrogen) atoms. The van der Waals surface area contributed by atoms with E-state index in [1.807, 2.05) is 44.2 Å². The van der Waals surface area contributed by atoms with Crippen LogP contribution in [0.3, 0.4) is 0 Å². The van der Waals surface area contributed by atoms with E-state index in [1.165, 1.54) is 4.90 Å². The predicted molar refractivity (Wildman–Crippen MR) is 140 cm³/mol. The lowest BCUT2D eigenvalue weighted by Gasteiger charge is -2.33. The van der Waals surface area contributed by atoms with Crippen LogP contribution in [0.5, 0.6) is 0 Å². The number of benzene rings is 2. The number of nitrogens with one attached hydrogen (secondary N) is 1. The van der Waals surface area contributed by atoms with Crippen molar-refractivity contribution in [3.8, 4) is 0 Å². The van der Waals surface area contributed by atoms with E-state index in [4.69, 9.17) is 0 Å². The molecule has 1 N–H and O–H groups in total. The van der Waals surface area contributed by atoms with Gasteiger partial charge in [0.05, 0.1) is 11.9 Å². The quantitative estimate of drug-likeness (QED) is 0.381. The van der Waals surface area contributed by atoms with Crippen LogP contribution >= 0.6 is 15.9 Å². The second kappa shape index (κ2) is 13.5. The van der Waals surface area contributed by atoms with Crippen LogP contribution in [0, 0.1) is 0 Å². The van der Waals surface area contributed by atoms with Crippen molar-refractivity contribution in [3.63, 3.8) is 0 Å². The van der Waals surface area contributed by atoms with E-state index in [1.54, 1.807) is 24.3 Å². The molecule has 0 aliphatic rings. The Kier molecular flexibility index (Phi) is 11.0. The fourth-order valence-electron chi connectivity index (χ4n) is 3.65. The summed E-state index contributed by atoms with van der Waals surface area (Å²) in [6.45, 7) is 4.35. The van der Waals surface area contributed by atoms with Crippen LogP contribution in [0.2, 0.25) is 0 Å². The summed E-state index contributed by atoms with van der Waals surface area (Å²) in [5, 5.41) is 2.92. The highest BCUT2D eigenvalue weighted by Crippen LogP contribution is 2.27. The molecule has 2 rings (SSSR count). The average molecular weight is 553 g/mol. The highest BCUT2D eigenvalue weighted by atomic mass is 79.9. The predicted octanol–water partition coefficient (Wildman–Crippen LogP) is 3.98. The number of hydrogen-bond acceptors (Lipinski definition) is 4. The summed E-state index contributed by atoms with van der Waals surface area (Å²) in [7, 11) is -3.75. The minimum absolute atomic E-state index is 0.218. The third-order valence-electron chi connectivity index (χ3n) is 5.50. The van der Waals surface area contributed by atoms with Crippen molar-refractivity contribution in [1.29, 1.82) is 0 Å². The summed E-state index contributed by atoms with van der Waals surface area (Å²) < 4.78 is 26.9. The number of rotatable bonds is 13. The molecule has 0 bridgehead atoms. The second-order valence-electron chi connectivity index (χ2n) is 8.11. The van der Waals surface area contributed by atoms with Crippen LogP contribution in [-0.2, 0) is 26.0 Å². The van der Waals surface area contributed by atoms with E-state index in [-0.39, 0.29) is 5.91 Å². The van der Waals surface area contributed by atoms with Gasteiger partial charge in [0, 0.05) is 17.6 Å². The molecular weight excluding hydrogens is 518 g/mol. The van der Waals surface area contributed by atoms with Crippen LogP contribution in [0.4, 0.5) is 5.69 Å². The summed E-state index contributed by atoms with van der Waals surface area (Å²) in [5.74, 6) is -0.640. The fourth-order valence-corrected chi connectivity index (χ4v) is 5.13. The molecule has 2 aromatic carbocycles. The van der Waals surface area contributed by atoms with Gasteiger partial charge in [-0.2, -0.15) is 0 Å². The van der Waals surface area contributed by atoms with Crippen molar-refractivity contribution in [2.24, 2.45) is 0 Å². The molecule has 2 amide bonds. The maximum absolute atomic E-state index is 13.6. The number of amides is 2. The number of hydrogen-bond donors (Lipinski definition) is 1. The van der Waals surface area contributed by atoms with Gasteiger partial charge in [-0.3, -0.25) is 13.9 Å². The van der Waals surface area contributed by atoms with Gasteiger partial charge in [0.2, 0.25) is 21.8 Å². The van der Waals surface area contributed by atoms with Crippen LogP contribution in [0.15, 0.2) is 59.1 Å². The Morgan fingerprint density at radius 2 is 1.68 bits per heavy atom. The average Bonchev–Trinajstić information content (AvgIpc) is 2.80. The van der Waals surface area contributed by atoms with E-state index in [9.17, 15) is 18.0 Å². The van der Waals surface area contributed by atoms with E-state index < -0.39 is 28.5 Å². The van der Waals surface area contributed by atoms with Crippen molar-refractivity contribution in [2.45, 2.75) is 45.6 Å². The van der Waals surface area contributed by atoms with Gasteiger partial charge in [0.15, 0.2) is 0 Å². The minimum Gasteiger partial charge on any atom is -0.354 e. The summed E-state index contributed by atoms with van der Waals surface area (Å²) in [6.07, 6.45) is 3.85. The van der Waals surface area contributed by atoms with Crippen molar-refractivity contribution >= 4 is 43.5 Å². The van der Waals surface area contributed by atoms with Crippen LogP contribution in [0.1, 0.15) is 38.7 Å². The first-order valence-electron chi connectivity index (χ1n) is 11.5. The largest absolute Gasteiger partial charge is 0.354 e. The Morgan fingerprint density at radius 3 is 2.26 bits per heavy atom. The van der Waals surface area contributed by atoms with E-state index >= 15 is 0 Å². The summed E-state index contributed by atoms with van der Waals surface area (Å²) >= 11 is 3.38. The van der Waals surface area contributed by atoms with Crippen molar-refractivity contribution < 1.29 is 18.0 Å². The Bertz CT molecular complexity index is 1050. The molecule has 0 saturated heterocycles. The molecule has 0 fully saturated rings. The zero-order chi connectivity index (χ0) is 25.1. The third kappa shape index (κ3) is 8.13.